The van der Waals surface area contributed by atoms with E-state index < -0.39 is 0 Å². The van der Waals surface area contributed by atoms with Crippen LogP contribution in [-0.4, -0.2) is 11.0 Å². The highest BCUT2D eigenvalue weighted by Gasteiger charge is 2.07. The van der Waals surface area contributed by atoms with E-state index in [1.807, 2.05) is 6.07 Å². The first-order chi connectivity index (χ1) is 8.56. The van der Waals surface area contributed by atoms with Gasteiger partial charge in [0.2, 0.25) is 5.89 Å². The molecule has 0 spiro atoms. The van der Waals surface area contributed by atoms with Crippen LogP contribution >= 0.6 is 15.9 Å². The Hall–Kier alpha value is -1.13. The quantitative estimate of drug-likeness (QED) is 0.930. The van der Waals surface area contributed by atoms with E-state index >= 15 is 0 Å². The molecule has 0 aliphatic heterocycles. The largest absolute Gasteiger partial charge is 0.439 e. The molecule has 1 N–H and O–H groups in total. The fourth-order valence-corrected chi connectivity index (χ4v) is 1.94. The molecule has 1 heterocycles. The average Bonchev–Trinajstić information content (AvgIpc) is 2.79. The average molecular weight is 309 g/mol. The number of benzene rings is 1. The standard InChI is InChI=1S/C14H17BrN2O/c1-9(2)16-8-14-17-7-13(18-14)11-5-4-10(3)12(15)6-11/h4-7,9,16H,8H2,1-3H3. The van der Waals surface area contributed by atoms with Crippen molar-refractivity contribution < 1.29 is 4.42 Å². The topological polar surface area (TPSA) is 38.1 Å². The smallest absolute Gasteiger partial charge is 0.208 e. The van der Waals surface area contributed by atoms with Gasteiger partial charge >= 0.3 is 0 Å². The third-order valence-corrected chi connectivity index (χ3v) is 3.53. The molecule has 0 fully saturated rings. The van der Waals surface area contributed by atoms with Crippen LogP contribution in [0.5, 0.6) is 0 Å². The maximum atomic E-state index is 5.72. The van der Waals surface area contributed by atoms with Gasteiger partial charge in [-0.25, -0.2) is 4.98 Å². The van der Waals surface area contributed by atoms with E-state index in [1.165, 1.54) is 5.56 Å². The summed E-state index contributed by atoms with van der Waals surface area (Å²) in [6, 6.07) is 6.58. The second-order valence-electron chi connectivity index (χ2n) is 4.62. The van der Waals surface area contributed by atoms with Gasteiger partial charge in [0, 0.05) is 16.1 Å². The number of aromatic nitrogens is 1. The summed E-state index contributed by atoms with van der Waals surface area (Å²) < 4.78 is 6.80. The van der Waals surface area contributed by atoms with Gasteiger partial charge in [-0.2, -0.15) is 0 Å². The molecule has 0 radical (unpaired) electrons. The predicted molar refractivity (Wildman–Crippen MR) is 76.4 cm³/mol. The Kier molecular flexibility index (Phi) is 4.19. The first-order valence-electron chi connectivity index (χ1n) is 6.01. The van der Waals surface area contributed by atoms with Crippen LogP contribution in [0, 0.1) is 6.92 Å². The Bertz CT molecular complexity index is 534. The Balaban J connectivity index is 2.16. The van der Waals surface area contributed by atoms with E-state index in [0.717, 1.165) is 21.7 Å². The van der Waals surface area contributed by atoms with Gasteiger partial charge in [-0.3, -0.25) is 0 Å². The molecule has 3 nitrogen and oxygen atoms in total. The summed E-state index contributed by atoms with van der Waals surface area (Å²) in [6.07, 6.45) is 1.77. The van der Waals surface area contributed by atoms with Crippen molar-refractivity contribution in [3.8, 4) is 11.3 Å². The third kappa shape index (κ3) is 3.21. The molecule has 0 bridgehead atoms. The Morgan fingerprint density at radius 2 is 2.17 bits per heavy atom. The summed E-state index contributed by atoms with van der Waals surface area (Å²) in [6.45, 7) is 6.92. The number of hydrogen-bond donors (Lipinski definition) is 1. The van der Waals surface area contributed by atoms with Crippen LogP contribution in [0.4, 0.5) is 0 Å². The lowest BCUT2D eigenvalue weighted by Crippen LogP contribution is -2.21. The van der Waals surface area contributed by atoms with E-state index in [9.17, 15) is 0 Å². The van der Waals surface area contributed by atoms with Gasteiger partial charge in [-0.15, -0.1) is 0 Å². The van der Waals surface area contributed by atoms with Crippen molar-refractivity contribution in [2.75, 3.05) is 0 Å². The van der Waals surface area contributed by atoms with Gasteiger partial charge in [0.1, 0.15) is 0 Å². The minimum Gasteiger partial charge on any atom is -0.439 e. The highest BCUT2D eigenvalue weighted by molar-refractivity contribution is 9.10. The molecule has 1 aromatic heterocycles. The molecular formula is C14H17BrN2O. The third-order valence-electron chi connectivity index (χ3n) is 2.67. The fraction of sp³-hybridized carbons (Fsp3) is 0.357. The van der Waals surface area contributed by atoms with E-state index in [1.54, 1.807) is 6.20 Å². The Morgan fingerprint density at radius 3 is 2.83 bits per heavy atom. The van der Waals surface area contributed by atoms with Crippen LogP contribution in [0.25, 0.3) is 11.3 Å². The Labute approximate surface area is 116 Å². The molecule has 4 heteroatoms. The zero-order valence-electron chi connectivity index (χ0n) is 10.8. The van der Waals surface area contributed by atoms with Gasteiger partial charge in [0.15, 0.2) is 5.76 Å². The zero-order valence-corrected chi connectivity index (χ0v) is 12.4. The highest BCUT2D eigenvalue weighted by atomic mass is 79.9. The van der Waals surface area contributed by atoms with Crippen molar-refractivity contribution in [2.45, 2.75) is 33.4 Å². The lowest BCUT2D eigenvalue weighted by atomic mass is 10.1. The number of rotatable bonds is 4. The summed E-state index contributed by atoms with van der Waals surface area (Å²) in [5.74, 6) is 1.52. The molecule has 0 atom stereocenters. The monoisotopic (exact) mass is 308 g/mol. The maximum absolute atomic E-state index is 5.72. The van der Waals surface area contributed by atoms with Crippen LogP contribution in [-0.2, 0) is 6.54 Å². The van der Waals surface area contributed by atoms with Crippen molar-refractivity contribution in [3.05, 3.63) is 40.3 Å². The predicted octanol–water partition coefficient (Wildman–Crippen LogP) is 3.91. The maximum Gasteiger partial charge on any atom is 0.208 e. The van der Waals surface area contributed by atoms with Crippen molar-refractivity contribution in [3.63, 3.8) is 0 Å². The normalized spacial score (nSPS) is 11.2. The second-order valence-corrected chi connectivity index (χ2v) is 5.47. The van der Waals surface area contributed by atoms with Crippen LogP contribution in [0.1, 0.15) is 25.3 Å². The molecule has 18 heavy (non-hydrogen) atoms. The second kappa shape index (κ2) is 5.67. The van der Waals surface area contributed by atoms with E-state index in [-0.39, 0.29) is 0 Å². The minimum atomic E-state index is 0.425. The fourth-order valence-electron chi connectivity index (χ4n) is 1.56. The summed E-state index contributed by atoms with van der Waals surface area (Å²) in [5.41, 5.74) is 2.25. The van der Waals surface area contributed by atoms with Crippen LogP contribution in [0.15, 0.2) is 33.3 Å². The summed E-state index contributed by atoms with van der Waals surface area (Å²) in [5, 5.41) is 3.28. The minimum absolute atomic E-state index is 0.425. The van der Waals surface area contributed by atoms with Crippen molar-refractivity contribution in [1.29, 1.82) is 0 Å². The van der Waals surface area contributed by atoms with E-state index in [4.69, 9.17) is 4.42 Å². The van der Waals surface area contributed by atoms with Crippen molar-refractivity contribution >= 4 is 15.9 Å². The highest BCUT2D eigenvalue weighted by Crippen LogP contribution is 2.26. The molecule has 0 unspecified atom stereocenters. The summed E-state index contributed by atoms with van der Waals surface area (Å²) >= 11 is 3.53. The molecule has 0 amide bonds. The van der Waals surface area contributed by atoms with Gasteiger partial charge < -0.3 is 9.73 Å². The number of hydrogen-bond acceptors (Lipinski definition) is 3. The van der Waals surface area contributed by atoms with Crippen LogP contribution in [0.3, 0.4) is 0 Å². The van der Waals surface area contributed by atoms with E-state index in [2.05, 4.69) is 59.1 Å². The molecule has 2 rings (SSSR count). The van der Waals surface area contributed by atoms with Crippen LogP contribution in [0.2, 0.25) is 0 Å². The molecule has 0 saturated carbocycles. The molecule has 1 aromatic carbocycles. The van der Waals surface area contributed by atoms with Gasteiger partial charge in [0.25, 0.3) is 0 Å². The van der Waals surface area contributed by atoms with Gasteiger partial charge in [0.05, 0.1) is 12.7 Å². The number of oxazole rings is 1. The summed E-state index contributed by atoms with van der Waals surface area (Å²) in [4.78, 5) is 4.27. The lowest BCUT2D eigenvalue weighted by molar-refractivity contribution is 0.459. The lowest BCUT2D eigenvalue weighted by Gasteiger charge is -2.04. The molecular weight excluding hydrogens is 292 g/mol. The Morgan fingerprint density at radius 1 is 1.39 bits per heavy atom. The van der Waals surface area contributed by atoms with Crippen molar-refractivity contribution in [1.82, 2.24) is 10.3 Å². The molecule has 0 aliphatic rings. The number of halogens is 1. The molecule has 2 aromatic rings. The van der Waals surface area contributed by atoms with Gasteiger partial charge in [-0.1, -0.05) is 41.9 Å². The number of nitrogens with zero attached hydrogens (tertiary/aromatic N) is 1. The van der Waals surface area contributed by atoms with Crippen LogP contribution < -0.4 is 5.32 Å². The first kappa shape index (κ1) is 13.3. The zero-order chi connectivity index (χ0) is 13.1. The van der Waals surface area contributed by atoms with Gasteiger partial charge in [-0.05, 0) is 18.6 Å². The molecule has 0 aliphatic carbocycles. The van der Waals surface area contributed by atoms with Crippen molar-refractivity contribution in [2.24, 2.45) is 0 Å². The molecule has 0 saturated heterocycles. The first-order valence-corrected chi connectivity index (χ1v) is 6.80. The molecule has 96 valence electrons. The summed E-state index contributed by atoms with van der Waals surface area (Å²) in [7, 11) is 0. The number of nitrogens with one attached hydrogen (secondary N) is 1. The number of aryl methyl sites for hydroxylation is 1. The van der Waals surface area contributed by atoms with E-state index in [0.29, 0.717) is 12.6 Å². The SMILES string of the molecule is Cc1ccc(-c2cnc(CNC(C)C)o2)cc1Br.